The number of hydrogen-bond acceptors (Lipinski definition) is 6. The van der Waals surface area contributed by atoms with Gasteiger partial charge in [0.2, 0.25) is 5.95 Å². The molecule has 0 spiro atoms. The molecule has 1 saturated carbocycles. The van der Waals surface area contributed by atoms with Gasteiger partial charge in [0.05, 0.1) is 34.7 Å². The fraction of sp³-hybridized carbons (Fsp3) is 0.316. The number of aryl methyl sites for hydroxylation is 1. The standard InChI is InChI=1S/C19H15F3N6O2/c1-10-4-16(25-18(24-10)26-8-13-14(9-26)19(13,21)22)11-6-23-27(7-11)17-3-2-12(28(29)30)5-15(17)20/h2-7,13-14H,8-9H2,1H3. The van der Waals surface area contributed by atoms with Gasteiger partial charge < -0.3 is 4.90 Å². The number of nitro groups is 1. The van der Waals surface area contributed by atoms with Gasteiger partial charge in [-0.3, -0.25) is 10.1 Å². The van der Waals surface area contributed by atoms with Crippen molar-refractivity contribution >= 4 is 11.6 Å². The highest BCUT2D eigenvalue weighted by Crippen LogP contribution is 2.59. The van der Waals surface area contributed by atoms with Crippen LogP contribution in [0.1, 0.15) is 5.69 Å². The van der Waals surface area contributed by atoms with Crippen LogP contribution >= 0.6 is 0 Å². The first kappa shape index (κ1) is 18.5. The highest BCUT2D eigenvalue weighted by atomic mass is 19.3. The highest BCUT2D eigenvalue weighted by Gasteiger charge is 2.72. The summed E-state index contributed by atoms with van der Waals surface area (Å²) in [6, 6.07) is 5.03. The third-order valence-corrected chi connectivity index (χ3v) is 5.59. The third kappa shape index (κ3) is 2.88. The lowest BCUT2D eigenvalue weighted by Gasteiger charge is -2.20. The maximum atomic E-state index is 14.3. The summed E-state index contributed by atoms with van der Waals surface area (Å²) in [5.41, 5.74) is 1.47. The topological polar surface area (TPSA) is 90.0 Å². The number of anilines is 1. The van der Waals surface area contributed by atoms with E-state index in [4.69, 9.17) is 0 Å². The molecule has 0 bridgehead atoms. The van der Waals surface area contributed by atoms with E-state index in [9.17, 15) is 23.3 Å². The second-order valence-electron chi connectivity index (χ2n) is 7.55. The van der Waals surface area contributed by atoms with Gasteiger partial charge in [0.1, 0.15) is 5.69 Å². The summed E-state index contributed by atoms with van der Waals surface area (Å²) in [4.78, 5) is 20.7. The molecule has 2 atom stereocenters. The van der Waals surface area contributed by atoms with Gasteiger partial charge in [-0.1, -0.05) is 0 Å². The molecule has 11 heteroatoms. The fourth-order valence-corrected chi connectivity index (χ4v) is 3.90. The number of non-ortho nitro benzene ring substituents is 1. The predicted octanol–water partition coefficient (Wildman–Crippen LogP) is 3.39. The first-order valence-electron chi connectivity index (χ1n) is 9.22. The van der Waals surface area contributed by atoms with Crippen LogP contribution in [0.5, 0.6) is 0 Å². The van der Waals surface area contributed by atoms with Crippen LogP contribution in [0.15, 0.2) is 36.7 Å². The van der Waals surface area contributed by atoms with Gasteiger partial charge in [-0.25, -0.2) is 27.8 Å². The Bertz CT molecular complexity index is 1170. The molecule has 8 nitrogen and oxygen atoms in total. The van der Waals surface area contributed by atoms with Gasteiger partial charge >= 0.3 is 0 Å². The van der Waals surface area contributed by atoms with Gasteiger partial charge in [0.25, 0.3) is 11.6 Å². The number of benzene rings is 1. The average Bonchev–Trinajstić information content (AvgIpc) is 3.16. The van der Waals surface area contributed by atoms with Crippen molar-refractivity contribution in [2.45, 2.75) is 12.8 Å². The van der Waals surface area contributed by atoms with Crippen LogP contribution in [-0.2, 0) is 0 Å². The van der Waals surface area contributed by atoms with Crippen molar-refractivity contribution in [2.24, 2.45) is 11.8 Å². The molecule has 5 rings (SSSR count). The molecule has 0 radical (unpaired) electrons. The zero-order chi connectivity index (χ0) is 21.2. The second kappa shape index (κ2) is 6.25. The van der Waals surface area contributed by atoms with Crippen LogP contribution < -0.4 is 4.90 Å². The van der Waals surface area contributed by atoms with E-state index in [2.05, 4.69) is 15.1 Å². The molecule has 3 heterocycles. The lowest BCUT2D eigenvalue weighted by molar-refractivity contribution is -0.385. The SMILES string of the molecule is Cc1cc(-c2cnn(-c3ccc([N+](=O)[O-])cc3F)c2)nc(N2CC3C(C2)C3(F)F)n1. The first-order chi connectivity index (χ1) is 14.2. The molecule has 0 amide bonds. The van der Waals surface area contributed by atoms with Crippen molar-refractivity contribution in [3.8, 4) is 16.9 Å². The lowest BCUT2D eigenvalue weighted by Crippen LogP contribution is -2.29. The van der Waals surface area contributed by atoms with Crippen LogP contribution in [0.25, 0.3) is 16.9 Å². The minimum Gasteiger partial charge on any atom is -0.340 e. The molecule has 154 valence electrons. The molecular weight excluding hydrogens is 401 g/mol. The summed E-state index contributed by atoms with van der Waals surface area (Å²) < 4.78 is 42.5. The molecule has 2 unspecified atom stereocenters. The van der Waals surface area contributed by atoms with Gasteiger partial charge in [-0.2, -0.15) is 5.10 Å². The molecule has 1 aliphatic carbocycles. The van der Waals surface area contributed by atoms with E-state index in [1.807, 2.05) is 0 Å². The molecule has 0 N–H and O–H groups in total. The number of hydrogen-bond donors (Lipinski definition) is 0. The second-order valence-corrected chi connectivity index (χ2v) is 7.55. The number of nitro benzene ring substituents is 1. The van der Waals surface area contributed by atoms with Crippen LogP contribution in [0.3, 0.4) is 0 Å². The lowest BCUT2D eigenvalue weighted by atomic mass is 10.2. The Morgan fingerprint density at radius 3 is 2.60 bits per heavy atom. The molecule has 2 aromatic heterocycles. The van der Waals surface area contributed by atoms with E-state index in [1.54, 1.807) is 24.1 Å². The number of fused-ring (bicyclic) bond motifs is 1. The molecule has 3 aromatic rings. The first-order valence-corrected chi connectivity index (χ1v) is 9.22. The summed E-state index contributed by atoms with van der Waals surface area (Å²) in [6.07, 6.45) is 3.04. The van der Waals surface area contributed by atoms with Gasteiger partial charge in [-0.15, -0.1) is 0 Å². The van der Waals surface area contributed by atoms with E-state index in [1.165, 1.54) is 23.0 Å². The summed E-state index contributed by atoms with van der Waals surface area (Å²) in [5, 5.41) is 14.9. The van der Waals surface area contributed by atoms with Gasteiger partial charge in [0.15, 0.2) is 5.82 Å². The number of piperidine rings is 1. The quantitative estimate of drug-likeness (QED) is 0.478. The van der Waals surface area contributed by atoms with E-state index >= 15 is 0 Å². The number of nitrogens with zero attached hydrogens (tertiary/aromatic N) is 6. The van der Waals surface area contributed by atoms with Crippen molar-refractivity contribution in [3.05, 3.63) is 58.3 Å². The Labute approximate surface area is 168 Å². The predicted molar refractivity (Wildman–Crippen MR) is 100 cm³/mol. The van der Waals surface area contributed by atoms with Crippen LogP contribution in [0.4, 0.5) is 24.8 Å². The molecule has 2 aliphatic rings. The van der Waals surface area contributed by atoms with Crippen LogP contribution in [0, 0.1) is 34.7 Å². The Balaban J connectivity index is 1.43. The van der Waals surface area contributed by atoms with Crippen molar-refractivity contribution in [2.75, 3.05) is 18.0 Å². The number of alkyl halides is 2. The maximum absolute atomic E-state index is 14.3. The Morgan fingerprint density at radius 2 is 1.93 bits per heavy atom. The third-order valence-electron chi connectivity index (χ3n) is 5.59. The molecular formula is C19H15F3N6O2. The van der Waals surface area contributed by atoms with Crippen molar-refractivity contribution in [1.29, 1.82) is 0 Å². The van der Waals surface area contributed by atoms with Crippen molar-refractivity contribution in [3.63, 3.8) is 0 Å². The van der Waals surface area contributed by atoms with Crippen molar-refractivity contribution < 1.29 is 18.1 Å². The van der Waals surface area contributed by atoms with E-state index < -0.39 is 28.5 Å². The number of halogens is 3. The minimum absolute atomic E-state index is 0.0553. The zero-order valence-electron chi connectivity index (χ0n) is 15.7. The van der Waals surface area contributed by atoms with Crippen LogP contribution in [-0.4, -0.2) is 43.7 Å². The van der Waals surface area contributed by atoms with Crippen LogP contribution in [0.2, 0.25) is 0 Å². The van der Waals surface area contributed by atoms with Gasteiger partial charge in [0, 0.05) is 36.6 Å². The Morgan fingerprint density at radius 1 is 1.20 bits per heavy atom. The fourth-order valence-electron chi connectivity index (χ4n) is 3.90. The average molecular weight is 416 g/mol. The van der Waals surface area contributed by atoms with E-state index in [0.29, 0.717) is 22.9 Å². The zero-order valence-corrected chi connectivity index (χ0v) is 15.7. The maximum Gasteiger partial charge on any atom is 0.272 e. The Hall–Kier alpha value is -3.50. The molecule has 1 aliphatic heterocycles. The smallest absolute Gasteiger partial charge is 0.272 e. The van der Waals surface area contributed by atoms with E-state index in [-0.39, 0.29) is 24.5 Å². The van der Waals surface area contributed by atoms with E-state index in [0.717, 1.165) is 6.07 Å². The summed E-state index contributed by atoms with van der Waals surface area (Å²) in [7, 11) is 0. The highest BCUT2D eigenvalue weighted by molar-refractivity contribution is 5.60. The molecule has 2 fully saturated rings. The summed E-state index contributed by atoms with van der Waals surface area (Å²) in [6.45, 7) is 2.21. The normalized spacial score (nSPS) is 21.5. The summed E-state index contributed by atoms with van der Waals surface area (Å²) in [5.74, 6) is -4.27. The number of rotatable bonds is 4. The van der Waals surface area contributed by atoms with Gasteiger partial charge in [-0.05, 0) is 19.1 Å². The summed E-state index contributed by atoms with van der Waals surface area (Å²) >= 11 is 0. The minimum atomic E-state index is -2.58. The number of aromatic nitrogens is 4. The molecule has 1 saturated heterocycles. The molecule has 30 heavy (non-hydrogen) atoms. The molecule has 1 aromatic carbocycles. The largest absolute Gasteiger partial charge is 0.340 e. The van der Waals surface area contributed by atoms with Crippen molar-refractivity contribution in [1.82, 2.24) is 19.7 Å². The Kier molecular flexibility index (Phi) is 3.86. The monoisotopic (exact) mass is 416 g/mol.